The molecule has 5 nitrogen and oxygen atoms in total. The van der Waals surface area contributed by atoms with Crippen molar-refractivity contribution in [2.75, 3.05) is 19.8 Å². The van der Waals surface area contributed by atoms with Crippen molar-refractivity contribution in [1.29, 1.82) is 0 Å². The number of unbranched alkanes of at least 4 members (excludes halogenated alkanes) is 25. The van der Waals surface area contributed by atoms with E-state index in [0.717, 1.165) is 51.4 Å². The maximum atomic E-state index is 12.5. The van der Waals surface area contributed by atoms with Gasteiger partial charge in [0.15, 0.2) is 6.10 Å². The number of rotatable bonds is 40. The van der Waals surface area contributed by atoms with Gasteiger partial charge in [-0.3, -0.25) is 9.59 Å². The molecule has 5 heteroatoms. The van der Waals surface area contributed by atoms with Crippen LogP contribution in [0.15, 0.2) is 24.3 Å². The van der Waals surface area contributed by atoms with E-state index in [0.29, 0.717) is 19.4 Å². The molecular formula is C45H84O5. The minimum atomic E-state index is -0.527. The van der Waals surface area contributed by atoms with Crippen LogP contribution in [-0.2, 0) is 23.8 Å². The van der Waals surface area contributed by atoms with Gasteiger partial charge in [0.25, 0.3) is 0 Å². The third-order valence-corrected chi connectivity index (χ3v) is 9.49. The van der Waals surface area contributed by atoms with Gasteiger partial charge in [-0.2, -0.15) is 0 Å². The summed E-state index contributed by atoms with van der Waals surface area (Å²) in [5.41, 5.74) is 0. The van der Waals surface area contributed by atoms with E-state index >= 15 is 0 Å². The first kappa shape index (κ1) is 48.4. The zero-order valence-corrected chi connectivity index (χ0v) is 33.7. The summed E-state index contributed by atoms with van der Waals surface area (Å²) in [6, 6.07) is 0. The van der Waals surface area contributed by atoms with Crippen LogP contribution >= 0.6 is 0 Å². The van der Waals surface area contributed by atoms with Gasteiger partial charge in [-0.25, -0.2) is 0 Å². The van der Waals surface area contributed by atoms with Gasteiger partial charge in [-0.15, -0.1) is 0 Å². The zero-order chi connectivity index (χ0) is 36.4. The van der Waals surface area contributed by atoms with E-state index in [1.165, 1.54) is 141 Å². The predicted octanol–water partition coefficient (Wildman–Crippen LogP) is 14.1. The zero-order valence-electron chi connectivity index (χ0n) is 33.7. The Morgan fingerprint density at radius 1 is 0.440 bits per heavy atom. The first-order valence-corrected chi connectivity index (χ1v) is 21.9. The largest absolute Gasteiger partial charge is 0.462 e. The van der Waals surface area contributed by atoms with Crippen LogP contribution in [0.3, 0.4) is 0 Å². The molecule has 0 heterocycles. The Morgan fingerprint density at radius 3 is 1.36 bits per heavy atom. The minimum absolute atomic E-state index is 0.0877. The Labute approximate surface area is 311 Å². The van der Waals surface area contributed by atoms with E-state index in [1.54, 1.807) is 0 Å². The van der Waals surface area contributed by atoms with Gasteiger partial charge in [0.2, 0.25) is 0 Å². The quantitative estimate of drug-likeness (QED) is 0.0361. The van der Waals surface area contributed by atoms with Crippen molar-refractivity contribution >= 4 is 11.9 Å². The number of esters is 2. The molecule has 0 saturated heterocycles. The molecule has 0 bridgehead atoms. The molecule has 0 aliphatic carbocycles. The van der Waals surface area contributed by atoms with Crippen molar-refractivity contribution in [2.45, 2.75) is 232 Å². The van der Waals surface area contributed by atoms with Crippen molar-refractivity contribution < 1.29 is 23.8 Å². The summed E-state index contributed by atoms with van der Waals surface area (Å²) in [4.78, 5) is 24.9. The highest BCUT2D eigenvalue weighted by molar-refractivity contribution is 5.70. The molecule has 0 N–H and O–H groups in total. The van der Waals surface area contributed by atoms with Crippen molar-refractivity contribution in [3.63, 3.8) is 0 Å². The monoisotopic (exact) mass is 705 g/mol. The van der Waals surface area contributed by atoms with Gasteiger partial charge in [-0.05, 0) is 51.4 Å². The summed E-state index contributed by atoms with van der Waals surface area (Å²) >= 11 is 0. The normalized spacial score (nSPS) is 12.3. The Hall–Kier alpha value is -1.62. The van der Waals surface area contributed by atoms with Crippen LogP contribution in [0.25, 0.3) is 0 Å². The van der Waals surface area contributed by atoms with Gasteiger partial charge >= 0.3 is 11.9 Å². The highest BCUT2D eigenvalue weighted by Gasteiger charge is 2.17. The summed E-state index contributed by atoms with van der Waals surface area (Å²) in [5, 5.41) is 0. The molecule has 0 radical (unpaired) electrons. The fraction of sp³-hybridized carbons (Fsp3) is 0.867. The van der Waals surface area contributed by atoms with Crippen molar-refractivity contribution in [3.8, 4) is 0 Å². The fourth-order valence-electron chi connectivity index (χ4n) is 6.19. The molecule has 0 rings (SSSR count). The summed E-state index contributed by atoms with van der Waals surface area (Å²) in [7, 11) is 0. The molecule has 0 aromatic carbocycles. The highest BCUT2D eigenvalue weighted by atomic mass is 16.6. The highest BCUT2D eigenvalue weighted by Crippen LogP contribution is 2.14. The lowest BCUT2D eigenvalue weighted by atomic mass is 10.1. The SMILES string of the molecule is CCCCC/C=C\C/C=C\CCCCCCCCCCOCC(COC(=O)CCCCCCCCCCCCC)OC(=O)CCCCCCC. The van der Waals surface area contributed by atoms with Crippen LogP contribution in [0.1, 0.15) is 226 Å². The lowest BCUT2D eigenvalue weighted by Gasteiger charge is -2.18. The Bertz CT molecular complexity index is 761. The Morgan fingerprint density at radius 2 is 0.840 bits per heavy atom. The second-order valence-electron chi connectivity index (χ2n) is 14.6. The average Bonchev–Trinajstić information content (AvgIpc) is 3.11. The fourth-order valence-corrected chi connectivity index (χ4v) is 6.19. The molecule has 0 saturated carbocycles. The first-order valence-electron chi connectivity index (χ1n) is 21.9. The van der Waals surface area contributed by atoms with Crippen molar-refractivity contribution in [2.24, 2.45) is 0 Å². The molecule has 0 aromatic heterocycles. The molecular weight excluding hydrogens is 620 g/mol. The minimum Gasteiger partial charge on any atom is -0.462 e. The van der Waals surface area contributed by atoms with E-state index in [-0.39, 0.29) is 25.2 Å². The molecule has 0 amide bonds. The third kappa shape index (κ3) is 39.2. The molecule has 1 atom stereocenters. The summed E-state index contributed by atoms with van der Waals surface area (Å²) < 4.78 is 17.2. The van der Waals surface area contributed by atoms with Gasteiger partial charge in [0, 0.05) is 19.4 Å². The first-order chi connectivity index (χ1) is 24.6. The third-order valence-electron chi connectivity index (χ3n) is 9.49. The maximum absolute atomic E-state index is 12.5. The summed E-state index contributed by atoms with van der Waals surface area (Å²) in [5.74, 6) is -0.406. The van der Waals surface area contributed by atoms with Gasteiger partial charge in [0.1, 0.15) is 6.61 Å². The van der Waals surface area contributed by atoms with Crippen LogP contribution in [0.2, 0.25) is 0 Å². The number of carbonyl (C=O) groups excluding carboxylic acids is 2. The number of carbonyl (C=O) groups is 2. The smallest absolute Gasteiger partial charge is 0.306 e. The summed E-state index contributed by atoms with van der Waals surface area (Å²) in [6.45, 7) is 7.73. The van der Waals surface area contributed by atoms with Gasteiger partial charge in [0.05, 0.1) is 6.61 Å². The second-order valence-corrected chi connectivity index (χ2v) is 14.6. The van der Waals surface area contributed by atoms with Crippen LogP contribution in [0, 0.1) is 0 Å². The van der Waals surface area contributed by atoms with E-state index in [4.69, 9.17) is 14.2 Å². The second kappa shape index (κ2) is 41.8. The number of hydrogen-bond donors (Lipinski definition) is 0. The molecule has 1 unspecified atom stereocenters. The van der Waals surface area contributed by atoms with E-state index in [9.17, 15) is 9.59 Å². The van der Waals surface area contributed by atoms with Crippen molar-refractivity contribution in [1.82, 2.24) is 0 Å². The molecule has 0 aliphatic rings. The van der Waals surface area contributed by atoms with Crippen LogP contribution < -0.4 is 0 Å². The lowest BCUT2D eigenvalue weighted by molar-refractivity contribution is -0.163. The topological polar surface area (TPSA) is 61.8 Å². The van der Waals surface area contributed by atoms with Gasteiger partial charge in [-0.1, -0.05) is 186 Å². The predicted molar refractivity (Wildman–Crippen MR) is 215 cm³/mol. The van der Waals surface area contributed by atoms with Crippen molar-refractivity contribution in [3.05, 3.63) is 24.3 Å². The standard InChI is InChI=1S/C45H84O5/c1-4-7-10-13-15-17-19-20-21-22-23-24-25-27-29-31-34-37-40-48-41-43(50-45(47)39-36-32-12-9-6-3)42-49-44(46)38-35-33-30-28-26-18-16-14-11-8-5-2/h15,17,20-21,43H,4-14,16,18-19,22-42H2,1-3H3/b17-15-,21-20-. The summed E-state index contributed by atoms with van der Waals surface area (Å²) in [6.07, 6.45) is 46.3. The Kier molecular flexibility index (Phi) is 40.4. The lowest BCUT2D eigenvalue weighted by Crippen LogP contribution is -2.30. The maximum Gasteiger partial charge on any atom is 0.306 e. The molecule has 0 fully saturated rings. The Balaban J connectivity index is 4.03. The number of ether oxygens (including phenoxy) is 3. The van der Waals surface area contributed by atoms with Crippen LogP contribution in [0.4, 0.5) is 0 Å². The number of allylic oxidation sites excluding steroid dienone is 4. The molecule has 0 aliphatic heterocycles. The van der Waals surface area contributed by atoms with E-state index in [1.807, 2.05) is 0 Å². The van der Waals surface area contributed by atoms with Gasteiger partial charge < -0.3 is 14.2 Å². The molecule has 0 spiro atoms. The number of hydrogen-bond acceptors (Lipinski definition) is 5. The van der Waals surface area contributed by atoms with E-state index in [2.05, 4.69) is 45.1 Å². The molecule has 50 heavy (non-hydrogen) atoms. The van der Waals surface area contributed by atoms with E-state index < -0.39 is 6.10 Å². The molecule has 0 aromatic rings. The average molecular weight is 705 g/mol. The van der Waals surface area contributed by atoms with Crippen LogP contribution in [-0.4, -0.2) is 37.9 Å². The van der Waals surface area contributed by atoms with Crippen LogP contribution in [0.5, 0.6) is 0 Å². The molecule has 294 valence electrons.